The van der Waals surface area contributed by atoms with E-state index in [4.69, 9.17) is 5.11 Å². The van der Waals surface area contributed by atoms with Crippen molar-refractivity contribution >= 4 is 17.7 Å². The van der Waals surface area contributed by atoms with Gasteiger partial charge in [0.2, 0.25) is 0 Å². The predicted molar refractivity (Wildman–Crippen MR) is 77.2 cm³/mol. The Morgan fingerprint density at radius 1 is 1.30 bits per heavy atom. The molecule has 0 radical (unpaired) electrons. The predicted octanol–water partition coefficient (Wildman–Crippen LogP) is 3.10. The maximum absolute atomic E-state index is 12.2. The van der Waals surface area contributed by atoms with Crippen molar-refractivity contribution in [1.29, 1.82) is 0 Å². The number of anilines is 1. The Bertz CT molecular complexity index is 522. The van der Waals surface area contributed by atoms with Gasteiger partial charge in [0.15, 0.2) is 0 Å². The number of carbonyl (C=O) groups is 2. The lowest BCUT2D eigenvalue weighted by Crippen LogP contribution is -2.38. The molecule has 0 unspecified atom stereocenters. The van der Waals surface area contributed by atoms with Gasteiger partial charge in [-0.25, -0.2) is 9.59 Å². The Hall–Kier alpha value is -2.04. The molecule has 0 atom stereocenters. The van der Waals surface area contributed by atoms with Gasteiger partial charge in [-0.2, -0.15) is 0 Å². The molecule has 5 heteroatoms. The van der Waals surface area contributed by atoms with E-state index in [0.717, 1.165) is 25.7 Å². The number of carboxylic acid groups (broad SMARTS) is 1. The van der Waals surface area contributed by atoms with Crippen LogP contribution in [0.25, 0.3) is 0 Å². The van der Waals surface area contributed by atoms with E-state index in [1.54, 1.807) is 31.0 Å². The van der Waals surface area contributed by atoms with E-state index in [1.807, 2.05) is 0 Å². The number of carboxylic acids is 1. The summed E-state index contributed by atoms with van der Waals surface area (Å²) >= 11 is 0. The minimum atomic E-state index is -0.984. The maximum atomic E-state index is 12.2. The molecule has 1 saturated carbocycles. The fourth-order valence-corrected chi connectivity index (χ4v) is 2.66. The number of rotatable bonds is 3. The Kier molecular flexibility index (Phi) is 4.27. The van der Waals surface area contributed by atoms with Crippen LogP contribution in [0.15, 0.2) is 18.2 Å². The highest BCUT2D eigenvalue weighted by Gasteiger charge is 2.23. The van der Waals surface area contributed by atoms with E-state index in [9.17, 15) is 9.59 Å². The maximum Gasteiger partial charge on any atom is 0.336 e. The van der Waals surface area contributed by atoms with Gasteiger partial charge in [0.25, 0.3) is 0 Å². The number of amides is 2. The molecule has 0 aromatic heterocycles. The topological polar surface area (TPSA) is 69.6 Å². The zero-order valence-corrected chi connectivity index (χ0v) is 11.8. The standard InChI is InChI=1S/C15H20N2O3/c1-10-12(14(18)19)8-5-9-13(10)16-15(20)17(2)11-6-3-4-7-11/h5,8-9,11H,3-4,6-7H2,1-2H3,(H,16,20)(H,18,19). The van der Waals surface area contributed by atoms with Crippen molar-refractivity contribution in [3.63, 3.8) is 0 Å². The van der Waals surface area contributed by atoms with E-state index < -0.39 is 5.97 Å². The molecular weight excluding hydrogens is 256 g/mol. The fourth-order valence-electron chi connectivity index (χ4n) is 2.66. The largest absolute Gasteiger partial charge is 0.478 e. The third-order valence-electron chi connectivity index (χ3n) is 4.00. The van der Waals surface area contributed by atoms with Gasteiger partial charge in [-0.3, -0.25) is 0 Å². The molecule has 1 aliphatic carbocycles. The highest BCUT2D eigenvalue weighted by molar-refractivity contribution is 5.95. The molecule has 0 saturated heterocycles. The van der Waals surface area contributed by atoms with Crippen LogP contribution in [-0.2, 0) is 0 Å². The van der Waals surface area contributed by atoms with Crippen molar-refractivity contribution in [1.82, 2.24) is 4.90 Å². The summed E-state index contributed by atoms with van der Waals surface area (Å²) in [6, 6.07) is 5.01. The van der Waals surface area contributed by atoms with Crippen molar-refractivity contribution in [2.24, 2.45) is 0 Å². The molecule has 0 heterocycles. The van der Waals surface area contributed by atoms with Crippen molar-refractivity contribution in [2.45, 2.75) is 38.6 Å². The van der Waals surface area contributed by atoms with Crippen LogP contribution in [-0.4, -0.2) is 35.1 Å². The van der Waals surface area contributed by atoms with Crippen LogP contribution >= 0.6 is 0 Å². The van der Waals surface area contributed by atoms with E-state index >= 15 is 0 Å². The second-order valence-electron chi connectivity index (χ2n) is 5.26. The fraction of sp³-hybridized carbons (Fsp3) is 0.467. The molecule has 1 fully saturated rings. The monoisotopic (exact) mass is 276 g/mol. The van der Waals surface area contributed by atoms with Crippen LogP contribution in [0.4, 0.5) is 10.5 Å². The molecule has 1 aliphatic rings. The molecule has 0 aliphatic heterocycles. The van der Waals surface area contributed by atoms with E-state index in [-0.39, 0.29) is 17.6 Å². The quantitative estimate of drug-likeness (QED) is 0.891. The average Bonchev–Trinajstić information content (AvgIpc) is 2.93. The second kappa shape index (κ2) is 5.94. The van der Waals surface area contributed by atoms with Crippen molar-refractivity contribution in [3.05, 3.63) is 29.3 Å². The summed E-state index contributed by atoms with van der Waals surface area (Å²) in [6.07, 6.45) is 4.40. The number of aromatic carboxylic acids is 1. The number of nitrogens with zero attached hydrogens (tertiary/aromatic N) is 1. The van der Waals surface area contributed by atoms with Crippen LogP contribution in [0.5, 0.6) is 0 Å². The lowest BCUT2D eigenvalue weighted by atomic mass is 10.1. The Balaban J connectivity index is 2.11. The third kappa shape index (κ3) is 2.92. The van der Waals surface area contributed by atoms with Crippen molar-refractivity contribution < 1.29 is 14.7 Å². The van der Waals surface area contributed by atoms with E-state index in [1.165, 1.54) is 6.07 Å². The molecule has 0 spiro atoms. The van der Waals surface area contributed by atoms with Gasteiger partial charge in [0.05, 0.1) is 5.56 Å². The van der Waals surface area contributed by atoms with Gasteiger partial charge in [0, 0.05) is 18.8 Å². The molecule has 0 bridgehead atoms. The van der Waals surface area contributed by atoms with Gasteiger partial charge < -0.3 is 15.3 Å². The summed E-state index contributed by atoms with van der Waals surface area (Å²) in [4.78, 5) is 25.0. The van der Waals surface area contributed by atoms with Crippen LogP contribution < -0.4 is 5.32 Å². The Morgan fingerprint density at radius 2 is 1.95 bits per heavy atom. The summed E-state index contributed by atoms with van der Waals surface area (Å²) in [5, 5.41) is 11.9. The summed E-state index contributed by atoms with van der Waals surface area (Å²) in [5.74, 6) is -0.984. The van der Waals surface area contributed by atoms with Crippen molar-refractivity contribution in [2.75, 3.05) is 12.4 Å². The number of nitrogens with one attached hydrogen (secondary N) is 1. The van der Waals surface area contributed by atoms with Crippen LogP contribution in [0.1, 0.15) is 41.6 Å². The van der Waals surface area contributed by atoms with Gasteiger partial charge in [-0.15, -0.1) is 0 Å². The summed E-state index contributed by atoms with van der Waals surface area (Å²) < 4.78 is 0. The minimum absolute atomic E-state index is 0.178. The van der Waals surface area contributed by atoms with Crippen LogP contribution in [0.2, 0.25) is 0 Å². The second-order valence-corrected chi connectivity index (χ2v) is 5.26. The molecular formula is C15H20N2O3. The summed E-state index contributed by atoms with van der Waals surface area (Å²) in [6.45, 7) is 1.70. The number of benzene rings is 1. The van der Waals surface area contributed by atoms with Crippen molar-refractivity contribution in [3.8, 4) is 0 Å². The first-order valence-electron chi connectivity index (χ1n) is 6.87. The first-order chi connectivity index (χ1) is 9.50. The lowest BCUT2D eigenvalue weighted by Gasteiger charge is -2.25. The molecule has 2 N–H and O–H groups in total. The normalized spacial score (nSPS) is 15.1. The molecule has 1 aromatic rings. The number of hydrogen-bond donors (Lipinski definition) is 2. The average molecular weight is 276 g/mol. The lowest BCUT2D eigenvalue weighted by molar-refractivity contribution is 0.0696. The zero-order valence-electron chi connectivity index (χ0n) is 11.8. The zero-order chi connectivity index (χ0) is 14.7. The Morgan fingerprint density at radius 3 is 2.55 bits per heavy atom. The summed E-state index contributed by atoms with van der Waals surface area (Å²) in [5.41, 5.74) is 1.35. The van der Waals surface area contributed by atoms with Gasteiger partial charge in [-0.05, 0) is 37.5 Å². The first kappa shape index (κ1) is 14.4. The van der Waals surface area contributed by atoms with E-state index in [0.29, 0.717) is 11.3 Å². The minimum Gasteiger partial charge on any atom is -0.478 e. The van der Waals surface area contributed by atoms with Gasteiger partial charge >= 0.3 is 12.0 Å². The molecule has 2 amide bonds. The van der Waals surface area contributed by atoms with Gasteiger partial charge in [0.1, 0.15) is 0 Å². The highest BCUT2D eigenvalue weighted by Crippen LogP contribution is 2.24. The molecule has 108 valence electrons. The molecule has 20 heavy (non-hydrogen) atoms. The van der Waals surface area contributed by atoms with Gasteiger partial charge in [-0.1, -0.05) is 18.9 Å². The highest BCUT2D eigenvalue weighted by atomic mass is 16.4. The van der Waals surface area contributed by atoms with Crippen LogP contribution in [0, 0.1) is 6.92 Å². The first-order valence-corrected chi connectivity index (χ1v) is 6.87. The number of urea groups is 1. The smallest absolute Gasteiger partial charge is 0.336 e. The molecule has 5 nitrogen and oxygen atoms in total. The third-order valence-corrected chi connectivity index (χ3v) is 4.00. The number of hydrogen-bond acceptors (Lipinski definition) is 2. The summed E-state index contributed by atoms with van der Waals surface area (Å²) in [7, 11) is 1.79. The van der Waals surface area contributed by atoms with Crippen LogP contribution in [0.3, 0.4) is 0 Å². The molecule has 2 rings (SSSR count). The number of carbonyl (C=O) groups excluding carboxylic acids is 1. The SMILES string of the molecule is Cc1c(NC(=O)N(C)C2CCCC2)cccc1C(=O)O. The molecule has 1 aromatic carbocycles. The Labute approximate surface area is 118 Å². The van der Waals surface area contributed by atoms with E-state index in [2.05, 4.69) is 5.32 Å².